The quantitative estimate of drug-likeness (QED) is 0.696. The van der Waals surface area contributed by atoms with E-state index < -0.39 is 12.0 Å². The molecule has 5 heteroatoms. The number of thioether (sulfide) groups is 1. The van der Waals surface area contributed by atoms with E-state index in [2.05, 4.69) is 5.32 Å². The predicted molar refractivity (Wildman–Crippen MR) is 62.0 cm³/mol. The molecule has 0 rings (SSSR count). The third kappa shape index (κ3) is 5.67. The van der Waals surface area contributed by atoms with Crippen molar-refractivity contribution in [2.45, 2.75) is 32.7 Å². The first-order valence-corrected chi connectivity index (χ1v) is 6.44. The summed E-state index contributed by atoms with van der Waals surface area (Å²) < 4.78 is 0. The van der Waals surface area contributed by atoms with E-state index in [-0.39, 0.29) is 11.8 Å². The normalized spacial score (nSPS) is 14.3. The summed E-state index contributed by atoms with van der Waals surface area (Å²) in [5.74, 6) is -0.523. The van der Waals surface area contributed by atoms with Crippen LogP contribution in [-0.2, 0) is 9.59 Å². The number of nitrogens with one attached hydrogen (secondary N) is 1. The third-order valence-corrected chi connectivity index (χ3v) is 2.93. The van der Waals surface area contributed by atoms with Crippen molar-refractivity contribution in [1.82, 2.24) is 5.32 Å². The number of carboxylic acid groups (broad SMARTS) is 1. The van der Waals surface area contributed by atoms with Gasteiger partial charge in [0, 0.05) is 5.92 Å². The smallest absolute Gasteiger partial charge is 0.326 e. The summed E-state index contributed by atoms with van der Waals surface area (Å²) in [6.45, 7) is 3.70. The summed E-state index contributed by atoms with van der Waals surface area (Å²) in [6.07, 6.45) is 3.11. The van der Waals surface area contributed by atoms with Crippen molar-refractivity contribution in [3.63, 3.8) is 0 Å². The summed E-state index contributed by atoms with van der Waals surface area (Å²) in [4.78, 5) is 22.3. The summed E-state index contributed by atoms with van der Waals surface area (Å²) >= 11 is 1.57. The van der Waals surface area contributed by atoms with Crippen molar-refractivity contribution >= 4 is 23.6 Å². The van der Waals surface area contributed by atoms with Crippen LogP contribution in [0.2, 0.25) is 0 Å². The second-order valence-electron chi connectivity index (χ2n) is 3.49. The van der Waals surface area contributed by atoms with E-state index in [0.717, 1.165) is 12.2 Å². The summed E-state index contributed by atoms with van der Waals surface area (Å²) in [5, 5.41) is 11.4. The SMILES string of the molecule is CCC(C)C(=O)NC(CCSC)C(=O)O. The molecule has 0 aromatic rings. The second-order valence-corrected chi connectivity index (χ2v) is 4.48. The number of rotatable bonds is 7. The molecule has 0 bridgehead atoms. The van der Waals surface area contributed by atoms with Gasteiger partial charge in [-0.2, -0.15) is 11.8 Å². The molecule has 2 atom stereocenters. The first-order valence-electron chi connectivity index (χ1n) is 5.05. The molecular formula is C10H19NO3S. The molecule has 4 nitrogen and oxygen atoms in total. The fourth-order valence-electron chi connectivity index (χ4n) is 0.992. The van der Waals surface area contributed by atoms with Gasteiger partial charge in [0.2, 0.25) is 5.91 Å². The zero-order valence-corrected chi connectivity index (χ0v) is 10.3. The molecular weight excluding hydrogens is 214 g/mol. The van der Waals surface area contributed by atoms with Crippen LogP contribution >= 0.6 is 11.8 Å². The molecule has 0 fully saturated rings. The molecule has 1 amide bonds. The van der Waals surface area contributed by atoms with Crippen LogP contribution in [-0.4, -0.2) is 35.0 Å². The fraction of sp³-hybridized carbons (Fsp3) is 0.800. The largest absolute Gasteiger partial charge is 0.480 e. The minimum Gasteiger partial charge on any atom is -0.480 e. The minimum atomic E-state index is -0.958. The van der Waals surface area contributed by atoms with Gasteiger partial charge in [0.15, 0.2) is 0 Å². The van der Waals surface area contributed by atoms with Crippen molar-refractivity contribution in [3.05, 3.63) is 0 Å². The van der Waals surface area contributed by atoms with Crippen molar-refractivity contribution < 1.29 is 14.7 Å². The average molecular weight is 233 g/mol. The number of carbonyl (C=O) groups excluding carboxylic acids is 1. The molecule has 88 valence electrons. The van der Waals surface area contributed by atoms with Gasteiger partial charge in [-0.1, -0.05) is 13.8 Å². The lowest BCUT2D eigenvalue weighted by Crippen LogP contribution is -2.43. The highest BCUT2D eigenvalue weighted by molar-refractivity contribution is 7.98. The van der Waals surface area contributed by atoms with Gasteiger partial charge in [0.25, 0.3) is 0 Å². The van der Waals surface area contributed by atoms with Gasteiger partial charge in [0.1, 0.15) is 6.04 Å². The van der Waals surface area contributed by atoms with Gasteiger partial charge in [-0.05, 0) is 24.9 Å². The number of carbonyl (C=O) groups is 2. The zero-order chi connectivity index (χ0) is 11.8. The number of aliphatic carboxylic acids is 1. The fourth-order valence-corrected chi connectivity index (χ4v) is 1.46. The lowest BCUT2D eigenvalue weighted by molar-refractivity contribution is -0.142. The minimum absolute atomic E-state index is 0.124. The maximum Gasteiger partial charge on any atom is 0.326 e. The molecule has 0 radical (unpaired) electrons. The van der Waals surface area contributed by atoms with Gasteiger partial charge in [-0.15, -0.1) is 0 Å². The van der Waals surface area contributed by atoms with Crippen molar-refractivity contribution in [3.8, 4) is 0 Å². The molecule has 0 aromatic heterocycles. The Balaban J connectivity index is 4.16. The van der Waals surface area contributed by atoms with Gasteiger partial charge in [-0.3, -0.25) is 4.79 Å². The predicted octanol–water partition coefficient (Wildman–Crippen LogP) is 1.35. The summed E-state index contributed by atoms with van der Waals surface area (Å²) in [7, 11) is 0. The van der Waals surface area contributed by atoms with E-state index >= 15 is 0 Å². The van der Waals surface area contributed by atoms with Crippen LogP contribution < -0.4 is 5.32 Å². The summed E-state index contributed by atoms with van der Waals surface area (Å²) in [6, 6.07) is -0.751. The van der Waals surface area contributed by atoms with Crippen molar-refractivity contribution in [2.75, 3.05) is 12.0 Å². The molecule has 0 spiro atoms. The van der Waals surface area contributed by atoms with E-state index in [1.54, 1.807) is 18.7 Å². The third-order valence-electron chi connectivity index (χ3n) is 2.29. The van der Waals surface area contributed by atoms with E-state index in [4.69, 9.17) is 5.11 Å². The first-order chi connectivity index (χ1) is 7.02. The molecule has 0 saturated carbocycles. The van der Waals surface area contributed by atoms with E-state index in [9.17, 15) is 9.59 Å². The highest BCUT2D eigenvalue weighted by Crippen LogP contribution is 2.04. The van der Waals surface area contributed by atoms with E-state index in [0.29, 0.717) is 6.42 Å². The maximum atomic E-state index is 11.5. The molecule has 0 aliphatic carbocycles. The Morgan fingerprint density at radius 2 is 2.07 bits per heavy atom. The Kier molecular flexibility index (Phi) is 7.21. The maximum absolute atomic E-state index is 11.5. The van der Waals surface area contributed by atoms with Gasteiger partial charge < -0.3 is 10.4 Å². The molecule has 0 aliphatic rings. The highest BCUT2D eigenvalue weighted by Gasteiger charge is 2.21. The Bertz CT molecular complexity index is 221. The Morgan fingerprint density at radius 1 is 1.47 bits per heavy atom. The van der Waals surface area contributed by atoms with Gasteiger partial charge >= 0.3 is 5.97 Å². The first kappa shape index (κ1) is 14.3. The van der Waals surface area contributed by atoms with Crippen LogP contribution in [0.25, 0.3) is 0 Å². The molecule has 2 N–H and O–H groups in total. The zero-order valence-electron chi connectivity index (χ0n) is 9.45. The standard InChI is InChI=1S/C10H19NO3S/c1-4-7(2)9(12)11-8(10(13)14)5-6-15-3/h7-8H,4-6H2,1-3H3,(H,11,12)(H,13,14). The van der Waals surface area contributed by atoms with Gasteiger partial charge in [-0.25, -0.2) is 4.79 Å². The molecule has 0 aromatic carbocycles. The van der Waals surface area contributed by atoms with Crippen LogP contribution in [0.4, 0.5) is 0 Å². The number of hydrogen-bond acceptors (Lipinski definition) is 3. The monoisotopic (exact) mass is 233 g/mol. The average Bonchev–Trinajstić information content (AvgIpc) is 2.22. The molecule has 15 heavy (non-hydrogen) atoms. The number of amides is 1. The van der Waals surface area contributed by atoms with Crippen LogP contribution in [0.3, 0.4) is 0 Å². The van der Waals surface area contributed by atoms with Crippen molar-refractivity contribution in [2.24, 2.45) is 5.92 Å². The van der Waals surface area contributed by atoms with E-state index in [1.807, 2.05) is 13.2 Å². The molecule has 2 unspecified atom stereocenters. The molecule has 0 saturated heterocycles. The molecule has 0 aliphatic heterocycles. The summed E-state index contributed by atoms with van der Waals surface area (Å²) in [5.41, 5.74) is 0. The number of hydrogen-bond donors (Lipinski definition) is 2. The van der Waals surface area contributed by atoms with Crippen molar-refractivity contribution in [1.29, 1.82) is 0 Å². The van der Waals surface area contributed by atoms with Crippen LogP contribution in [0.1, 0.15) is 26.7 Å². The lowest BCUT2D eigenvalue weighted by Gasteiger charge is -2.16. The Labute approximate surface area is 94.8 Å². The van der Waals surface area contributed by atoms with Crippen LogP contribution in [0.15, 0.2) is 0 Å². The van der Waals surface area contributed by atoms with Gasteiger partial charge in [0.05, 0.1) is 0 Å². The second kappa shape index (κ2) is 7.56. The lowest BCUT2D eigenvalue weighted by atomic mass is 10.1. The highest BCUT2D eigenvalue weighted by atomic mass is 32.2. The Morgan fingerprint density at radius 3 is 2.47 bits per heavy atom. The Hall–Kier alpha value is -0.710. The molecule has 0 heterocycles. The number of carboxylic acids is 1. The van der Waals surface area contributed by atoms with Crippen LogP contribution in [0, 0.1) is 5.92 Å². The van der Waals surface area contributed by atoms with E-state index in [1.165, 1.54) is 0 Å². The van der Waals surface area contributed by atoms with Crippen LogP contribution in [0.5, 0.6) is 0 Å². The topological polar surface area (TPSA) is 66.4 Å².